The van der Waals surface area contributed by atoms with Gasteiger partial charge < -0.3 is 19.7 Å². The van der Waals surface area contributed by atoms with Gasteiger partial charge in [-0.1, -0.05) is 18.2 Å². The molecule has 2 heterocycles. The van der Waals surface area contributed by atoms with Crippen LogP contribution in [-0.2, 0) is 4.74 Å². The molecule has 124 valence electrons. The predicted octanol–water partition coefficient (Wildman–Crippen LogP) is 1.93. The Morgan fingerprint density at radius 3 is 2.83 bits per heavy atom. The summed E-state index contributed by atoms with van der Waals surface area (Å²) >= 11 is 0. The summed E-state index contributed by atoms with van der Waals surface area (Å²) in [5.74, 6) is 1.59. The number of aromatic nitrogens is 2. The largest absolute Gasteiger partial charge is 0.474 e. The molecule has 23 heavy (non-hydrogen) atoms. The average Bonchev–Trinajstić information content (AvgIpc) is 2.90. The summed E-state index contributed by atoms with van der Waals surface area (Å²) in [4.78, 5) is 2.26. The van der Waals surface area contributed by atoms with Crippen LogP contribution in [0, 0.1) is 6.92 Å². The van der Waals surface area contributed by atoms with Crippen molar-refractivity contribution in [3.63, 3.8) is 0 Å². The third kappa shape index (κ3) is 3.48. The number of nitrogens with zero attached hydrogens (tertiary/aromatic N) is 3. The van der Waals surface area contributed by atoms with E-state index in [-0.39, 0.29) is 6.10 Å². The Morgan fingerprint density at radius 1 is 1.35 bits per heavy atom. The second-order valence-corrected chi connectivity index (χ2v) is 5.84. The molecule has 1 unspecified atom stereocenters. The number of ether oxygens (including phenoxy) is 2. The number of anilines is 1. The Balaban J connectivity index is 1.76. The maximum absolute atomic E-state index is 5.95. The summed E-state index contributed by atoms with van der Waals surface area (Å²) in [6, 6.07) is 10.0. The fourth-order valence-corrected chi connectivity index (χ4v) is 2.80. The van der Waals surface area contributed by atoms with Gasteiger partial charge in [-0.2, -0.15) is 0 Å². The van der Waals surface area contributed by atoms with Crippen LogP contribution in [0.4, 0.5) is 5.82 Å². The first-order chi connectivity index (χ1) is 11.2. The first-order valence-electron chi connectivity index (χ1n) is 7.94. The van der Waals surface area contributed by atoms with Crippen molar-refractivity contribution in [1.82, 2.24) is 14.7 Å². The third-order valence-electron chi connectivity index (χ3n) is 4.06. The molecule has 6 heteroatoms. The summed E-state index contributed by atoms with van der Waals surface area (Å²) in [5.41, 5.74) is 2.00. The van der Waals surface area contributed by atoms with Crippen LogP contribution < -0.4 is 10.1 Å². The smallest absolute Gasteiger partial charge is 0.238 e. The van der Waals surface area contributed by atoms with Crippen molar-refractivity contribution < 1.29 is 9.47 Å². The van der Waals surface area contributed by atoms with Crippen molar-refractivity contribution in [2.24, 2.45) is 0 Å². The van der Waals surface area contributed by atoms with Crippen molar-refractivity contribution >= 4 is 5.82 Å². The first kappa shape index (κ1) is 15.8. The number of para-hydroxylation sites is 1. The molecule has 1 saturated heterocycles. The molecule has 0 amide bonds. The number of morpholine rings is 1. The molecular weight excluding hydrogens is 292 g/mol. The van der Waals surface area contributed by atoms with E-state index < -0.39 is 0 Å². The SMILES string of the molecule is CNc1c(C)c(OCC2CN(C)CCO2)nn1-c1ccccc1. The fourth-order valence-electron chi connectivity index (χ4n) is 2.80. The highest BCUT2D eigenvalue weighted by molar-refractivity contribution is 5.54. The van der Waals surface area contributed by atoms with Gasteiger partial charge in [0.2, 0.25) is 5.88 Å². The highest BCUT2D eigenvalue weighted by Gasteiger charge is 2.21. The molecule has 0 spiro atoms. The van der Waals surface area contributed by atoms with Gasteiger partial charge in [-0.25, -0.2) is 4.68 Å². The zero-order chi connectivity index (χ0) is 16.2. The third-order valence-corrected chi connectivity index (χ3v) is 4.06. The minimum absolute atomic E-state index is 0.0908. The summed E-state index contributed by atoms with van der Waals surface area (Å²) in [6.45, 7) is 5.14. The van der Waals surface area contributed by atoms with Gasteiger partial charge in [-0.3, -0.25) is 0 Å². The standard InChI is InChI=1S/C17H24N4O2/c1-13-16(18-2)21(14-7-5-4-6-8-14)19-17(13)23-12-15-11-20(3)9-10-22-15/h4-8,15,18H,9-12H2,1-3H3. The molecule has 1 aliphatic heterocycles. The molecule has 1 aromatic heterocycles. The van der Waals surface area contributed by atoms with E-state index in [0.717, 1.165) is 36.8 Å². The molecule has 1 fully saturated rings. The van der Waals surface area contributed by atoms with Crippen LogP contribution in [0.3, 0.4) is 0 Å². The maximum Gasteiger partial charge on any atom is 0.238 e. The highest BCUT2D eigenvalue weighted by Crippen LogP contribution is 2.28. The molecule has 1 atom stereocenters. The van der Waals surface area contributed by atoms with Crippen LogP contribution in [0.15, 0.2) is 30.3 Å². The van der Waals surface area contributed by atoms with Gasteiger partial charge in [0, 0.05) is 20.1 Å². The Bertz CT molecular complexity index is 642. The normalized spacial score (nSPS) is 18.8. The van der Waals surface area contributed by atoms with E-state index in [1.165, 1.54) is 0 Å². The Hall–Kier alpha value is -2.05. The Labute approximate surface area is 137 Å². The fraction of sp³-hybridized carbons (Fsp3) is 0.471. The van der Waals surface area contributed by atoms with E-state index in [1.54, 1.807) is 0 Å². The molecule has 2 aromatic rings. The zero-order valence-electron chi connectivity index (χ0n) is 14.0. The van der Waals surface area contributed by atoms with Crippen LogP contribution >= 0.6 is 0 Å². The molecule has 1 N–H and O–H groups in total. The van der Waals surface area contributed by atoms with Gasteiger partial charge in [-0.15, -0.1) is 5.10 Å². The van der Waals surface area contributed by atoms with Gasteiger partial charge in [0.05, 0.1) is 17.9 Å². The van der Waals surface area contributed by atoms with E-state index >= 15 is 0 Å². The topological polar surface area (TPSA) is 51.6 Å². The number of benzene rings is 1. The minimum atomic E-state index is 0.0908. The van der Waals surface area contributed by atoms with Crippen molar-refractivity contribution in [1.29, 1.82) is 0 Å². The highest BCUT2D eigenvalue weighted by atomic mass is 16.5. The van der Waals surface area contributed by atoms with Crippen molar-refractivity contribution in [2.45, 2.75) is 13.0 Å². The summed E-state index contributed by atoms with van der Waals surface area (Å²) in [6.07, 6.45) is 0.0908. The van der Waals surface area contributed by atoms with E-state index in [2.05, 4.69) is 22.4 Å². The molecule has 1 aliphatic rings. The lowest BCUT2D eigenvalue weighted by atomic mass is 10.3. The maximum atomic E-state index is 5.95. The van der Waals surface area contributed by atoms with Crippen LogP contribution in [-0.4, -0.2) is 61.2 Å². The van der Waals surface area contributed by atoms with Gasteiger partial charge >= 0.3 is 0 Å². The molecule has 0 aliphatic carbocycles. The van der Waals surface area contributed by atoms with Gasteiger partial charge in [-0.05, 0) is 26.1 Å². The van der Waals surface area contributed by atoms with E-state index in [0.29, 0.717) is 12.5 Å². The van der Waals surface area contributed by atoms with Crippen molar-refractivity contribution in [3.8, 4) is 11.6 Å². The zero-order valence-corrected chi connectivity index (χ0v) is 14.0. The van der Waals surface area contributed by atoms with Gasteiger partial charge in [0.25, 0.3) is 0 Å². The monoisotopic (exact) mass is 316 g/mol. The van der Waals surface area contributed by atoms with E-state index in [9.17, 15) is 0 Å². The van der Waals surface area contributed by atoms with E-state index in [1.807, 2.05) is 49.0 Å². The number of nitrogens with one attached hydrogen (secondary N) is 1. The van der Waals surface area contributed by atoms with Gasteiger partial charge in [0.15, 0.2) is 0 Å². The summed E-state index contributed by atoms with van der Waals surface area (Å²) in [7, 11) is 4.00. The number of hydrogen-bond acceptors (Lipinski definition) is 5. The number of likely N-dealkylation sites (N-methyl/N-ethyl adjacent to an activating group) is 1. The van der Waals surface area contributed by atoms with Crippen LogP contribution in [0.2, 0.25) is 0 Å². The van der Waals surface area contributed by atoms with Crippen molar-refractivity contribution in [3.05, 3.63) is 35.9 Å². The number of hydrogen-bond donors (Lipinski definition) is 1. The van der Waals surface area contributed by atoms with Crippen molar-refractivity contribution in [2.75, 3.05) is 45.7 Å². The molecule has 0 radical (unpaired) electrons. The molecule has 1 aromatic carbocycles. The van der Waals surface area contributed by atoms with Crippen LogP contribution in [0.1, 0.15) is 5.56 Å². The lowest BCUT2D eigenvalue weighted by molar-refractivity contribution is -0.0411. The first-order valence-corrected chi connectivity index (χ1v) is 7.94. The second-order valence-electron chi connectivity index (χ2n) is 5.84. The van der Waals surface area contributed by atoms with Crippen LogP contribution in [0.5, 0.6) is 5.88 Å². The molecule has 0 saturated carbocycles. The predicted molar refractivity (Wildman–Crippen MR) is 90.6 cm³/mol. The lowest BCUT2D eigenvalue weighted by Crippen LogP contribution is -2.42. The molecule has 0 bridgehead atoms. The molecule has 6 nitrogen and oxygen atoms in total. The Morgan fingerprint density at radius 2 is 2.13 bits per heavy atom. The molecular formula is C17H24N4O2. The summed E-state index contributed by atoms with van der Waals surface area (Å²) < 4.78 is 13.6. The van der Waals surface area contributed by atoms with Crippen LogP contribution in [0.25, 0.3) is 5.69 Å². The minimum Gasteiger partial charge on any atom is -0.474 e. The van der Waals surface area contributed by atoms with Gasteiger partial charge in [0.1, 0.15) is 18.5 Å². The summed E-state index contributed by atoms with van der Waals surface area (Å²) in [5, 5.41) is 7.83. The second kappa shape index (κ2) is 7.02. The Kier molecular flexibility index (Phi) is 4.83. The average molecular weight is 316 g/mol. The quantitative estimate of drug-likeness (QED) is 0.913. The lowest BCUT2D eigenvalue weighted by Gasteiger charge is -2.29. The van der Waals surface area contributed by atoms with E-state index in [4.69, 9.17) is 9.47 Å². The molecule has 3 rings (SSSR count). The number of rotatable bonds is 5.